The summed E-state index contributed by atoms with van der Waals surface area (Å²) in [6.45, 7) is 1.68. The average Bonchev–Trinajstić information content (AvgIpc) is 2.92. The normalized spacial score (nSPS) is 11.8. The molecule has 1 heterocycles. The van der Waals surface area contributed by atoms with Gasteiger partial charge in [0.1, 0.15) is 16.7 Å². The molecule has 24 heavy (non-hydrogen) atoms. The molecule has 0 aliphatic carbocycles. The van der Waals surface area contributed by atoms with Crippen molar-refractivity contribution < 1.29 is 42.7 Å². The van der Waals surface area contributed by atoms with Crippen molar-refractivity contribution in [2.45, 2.75) is 11.8 Å². The van der Waals surface area contributed by atoms with Crippen LogP contribution in [0.2, 0.25) is 5.15 Å². The Kier molecular flexibility index (Phi) is 6.36. The minimum Gasteiger partial charge on any atom is -0.768 e. The summed E-state index contributed by atoms with van der Waals surface area (Å²) in [7, 11) is 0. The molecule has 3 rings (SSSR count). The summed E-state index contributed by atoms with van der Waals surface area (Å²) in [5.74, 6) is -0.331. The molecule has 118 valence electrons. The SMILES string of the molecule is Cc1ccc(-c2c(-c3ccc(S(=O)[O-])cc3)n[nH]c2Cl)cc1F.[Na+]. The predicted molar refractivity (Wildman–Crippen MR) is 86.4 cm³/mol. The smallest absolute Gasteiger partial charge is 0.768 e. The van der Waals surface area contributed by atoms with Crippen LogP contribution >= 0.6 is 11.6 Å². The van der Waals surface area contributed by atoms with Crippen LogP contribution in [-0.2, 0) is 11.1 Å². The number of aromatic amines is 1. The molecule has 0 aliphatic heterocycles. The zero-order valence-corrected chi connectivity index (χ0v) is 16.5. The summed E-state index contributed by atoms with van der Waals surface area (Å²) in [5.41, 5.74) is 2.91. The van der Waals surface area contributed by atoms with E-state index in [2.05, 4.69) is 10.2 Å². The first-order valence-electron chi connectivity index (χ1n) is 6.67. The van der Waals surface area contributed by atoms with E-state index in [-0.39, 0.29) is 40.3 Å². The van der Waals surface area contributed by atoms with Gasteiger partial charge in [0.15, 0.2) is 0 Å². The van der Waals surface area contributed by atoms with Crippen molar-refractivity contribution in [3.8, 4) is 22.4 Å². The maximum Gasteiger partial charge on any atom is 1.00 e. The average molecular weight is 373 g/mol. The van der Waals surface area contributed by atoms with Crippen LogP contribution in [0.25, 0.3) is 22.4 Å². The van der Waals surface area contributed by atoms with Gasteiger partial charge in [-0.1, -0.05) is 35.9 Å². The number of hydrogen-bond acceptors (Lipinski definition) is 3. The van der Waals surface area contributed by atoms with E-state index < -0.39 is 11.1 Å². The molecule has 1 N–H and O–H groups in total. The number of halogens is 2. The summed E-state index contributed by atoms with van der Waals surface area (Å²) >= 11 is 3.87. The monoisotopic (exact) mass is 372 g/mol. The number of H-pyrrole nitrogens is 1. The van der Waals surface area contributed by atoms with E-state index >= 15 is 0 Å². The van der Waals surface area contributed by atoms with Crippen LogP contribution in [0.15, 0.2) is 47.4 Å². The van der Waals surface area contributed by atoms with Gasteiger partial charge < -0.3 is 4.55 Å². The van der Waals surface area contributed by atoms with Crippen LogP contribution < -0.4 is 29.6 Å². The van der Waals surface area contributed by atoms with Gasteiger partial charge in [-0.3, -0.25) is 9.31 Å². The van der Waals surface area contributed by atoms with E-state index in [1.165, 1.54) is 18.2 Å². The maximum atomic E-state index is 13.8. The Morgan fingerprint density at radius 1 is 1.17 bits per heavy atom. The van der Waals surface area contributed by atoms with Gasteiger partial charge in [0.05, 0.1) is 0 Å². The maximum absolute atomic E-state index is 13.8. The van der Waals surface area contributed by atoms with Gasteiger partial charge in [-0.15, -0.1) is 0 Å². The molecule has 0 radical (unpaired) electrons. The predicted octanol–water partition coefficient (Wildman–Crippen LogP) is 1.09. The second kappa shape index (κ2) is 7.91. The third-order valence-corrected chi connectivity index (χ3v) is 4.43. The Morgan fingerprint density at radius 2 is 1.79 bits per heavy atom. The fourth-order valence-corrected chi connectivity index (χ4v) is 2.86. The molecule has 0 spiro atoms. The molecule has 8 heteroatoms. The summed E-state index contributed by atoms with van der Waals surface area (Å²) < 4.78 is 35.7. The van der Waals surface area contributed by atoms with Crippen molar-refractivity contribution in [2.75, 3.05) is 0 Å². The van der Waals surface area contributed by atoms with Crippen LogP contribution in [0.1, 0.15) is 5.56 Å². The number of aromatic nitrogens is 2. The zero-order chi connectivity index (χ0) is 16.6. The number of nitrogens with zero attached hydrogens (tertiary/aromatic N) is 1. The second-order valence-corrected chi connectivity index (χ2v) is 6.30. The van der Waals surface area contributed by atoms with Gasteiger partial charge in [-0.25, -0.2) is 4.39 Å². The van der Waals surface area contributed by atoms with E-state index in [0.29, 0.717) is 33.1 Å². The first kappa shape index (κ1) is 19.3. The van der Waals surface area contributed by atoms with Crippen LogP contribution in [0.5, 0.6) is 0 Å². The van der Waals surface area contributed by atoms with Crippen molar-refractivity contribution in [3.05, 3.63) is 59.0 Å². The first-order valence-corrected chi connectivity index (χ1v) is 8.12. The molecular weight excluding hydrogens is 362 g/mol. The van der Waals surface area contributed by atoms with Crippen molar-refractivity contribution in [2.24, 2.45) is 0 Å². The Morgan fingerprint density at radius 3 is 2.38 bits per heavy atom. The third-order valence-electron chi connectivity index (χ3n) is 3.50. The van der Waals surface area contributed by atoms with E-state index in [1.54, 1.807) is 31.2 Å². The van der Waals surface area contributed by atoms with Gasteiger partial charge in [-0.05, 0) is 47.3 Å². The molecule has 0 saturated carbocycles. The fraction of sp³-hybridized carbons (Fsp3) is 0.0625. The molecule has 0 fully saturated rings. The minimum atomic E-state index is -2.29. The molecule has 3 aromatic rings. The quantitative estimate of drug-likeness (QED) is 0.552. The molecule has 0 bridgehead atoms. The van der Waals surface area contributed by atoms with Crippen molar-refractivity contribution in [3.63, 3.8) is 0 Å². The van der Waals surface area contributed by atoms with Crippen molar-refractivity contribution >= 4 is 22.7 Å². The number of nitrogens with one attached hydrogen (secondary N) is 1. The van der Waals surface area contributed by atoms with Crippen LogP contribution in [0, 0.1) is 12.7 Å². The van der Waals surface area contributed by atoms with E-state index in [4.69, 9.17) is 11.6 Å². The Labute approximate surface area is 168 Å². The first-order chi connectivity index (χ1) is 11.0. The second-order valence-electron chi connectivity index (χ2n) is 4.98. The molecule has 2 aromatic carbocycles. The minimum absolute atomic E-state index is 0. The Balaban J connectivity index is 0.00000208. The van der Waals surface area contributed by atoms with Crippen molar-refractivity contribution in [1.82, 2.24) is 10.2 Å². The molecule has 0 aliphatic rings. The van der Waals surface area contributed by atoms with Gasteiger partial charge in [-0.2, -0.15) is 5.10 Å². The van der Waals surface area contributed by atoms with Crippen LogP contribution in [0.4, 0.5) is 4.39 Å². The molecule has 4 nitrogen and oxygen atoms in total. The van der Waals surface area contributed by atoms with E-state index in [1.807, 2.05) is 0 Å². The molecule has 1 unspecified atom stereocenters. The van der Waals surface area contributed by atoms with Gasteiger partial charge in [0.25, 0.3) is 0 Å². The molecule has 1 atom stereocenters. The van der Waals surface area contributed by atoms with Crippen LogP contribution in [-0.4, -0.2) is 19.0 Å². The summed E-state index contributed by atoms with van der Waals surface area (Å²) in [6.07, 6.45) is 0. The molecule has 0 saturated heterocycles. The molecule has 1 aromatic heterocycles. The summed E-state index contributed by atoms with van der Waals surface area (Å²) in [4.78, 5) is 0.179. The zero-order valence-electron chi connectivity index (χ0n) is 13.0. The molecule has 0 amide bonds. The largest absolute Gasteiger partial charge is 1.00 e. The van der Waals surface area contributed by atoms with Gasteiger partial charge in [0.2, 0.25) is 0 Å². The Hall–Kier alpha value is -1.02. The third kappa shape index (κ3) is 3.79. The number of hydrogen-bond donors (Lipinski definition) is 1. The number of aryl methyl sites for hydroxylation is 1. The number of rotatable bonds is 3. The summed E-state index contributed by atoms with van der Waals surface area (Å²) in [6, 6.07) is 11.0. The van der Waals surface area contributed by atoms with Crippen LogP contribution in [0.3, 0.4) is 0 Å². The Bertz CT molecular complexity index is 900. The summed E-state index contributed by atoms with van der Waals surface area (Å²) in [5, 5.41) is 7.12. The van der Waals surface area contributed by atoms with Gasteiger partial charge in [0, 0.05) is 16.0 Å². The topological polar surface area (TPSA) is 68.8 Å². The standard InChI is InChI=1S/C16H12ClFN2O2S.Na/c1-9-2-3-11(8-13(9)18)14-15(19-20-16(14)17)10-4-6-12(7-5-10)23(21)22;/h2-8H,1H3,(H,19,20)(H,21,22);/q;+1/p-1. The van der Waals surface area contributed by atoms with Crippen molar-refractivity contribution in [1.29, 1.82) is 0 Å². The van der Waals surface area contributed by atoms with Gasteiger partial charge >= 0.3 is 29.6 Å². The molecular formula is C16H11ClFN2NaO2S. The number of benzene rings is 2. The fourth-order valence-electron chi connectivity index (χ4n) is 2.27. The van der Waals surface area contributed by atoms with E-state index in [9.17, 15) is 13.2 Å². The van der Waals surface area contributed by atoms with E-state index in [0.717, 1.165) is 0 Å².